The average molecular weight is 548 g/mol. The van der Waals surface area contributed by atoms with Crippen molar-refractivity contribution in [3.63, 3.8) is 0 Å². The lowest BCUT2D eigenvalue weighted by Gasteiger charge is -2.18. The van der Waals surface area contributed by atoms with Crippen molar-refractivity contribution in [3.05, 3.63) is 158 Å². The van der Waals surface area contributed by atoms with Gasteiger partial charge in [0.05, 0.1) is 1.37 Å². The minimum atomic E-state index is 0.520. The molecular formula is C42H26O. The van der Waals surface area contributed by atoms with Gasteiger partial charge in [-0.3, -0.25) is 0 Å². The maximum atomic E-state index is 8.01. The lowest BCUT2D eigenvalue weighted by atomic mass is 9.85. The number of hydrogen-bond donors (Lipinski definition) is 0. The summed E-state index contributed by atoms with van der Waals surface area (Å²) in [6.07, 6.45) is 0. The second kappa shape index (κ2) is 9.44. The van der Waals surface area contributed by atoms with E-state index < -0.39 is 0 Å². The van der Waals surface area contributed by atoms with Gasteiger partial charge in [0.2, 0.25) is 0 Å². The third kappa shape index (κ3) is 3.72. The maximum absolute atomic E-state index is 8.01. The van der Waals surface area contributed by atoms with Gasteiger partial charge in [0.15, 0.2) is 0 Å². The molecule has 0 N–H and O–H groups in total. The molecule has 0 aliphatic heterocycles. The van der Waals surface area contributed by atoms with E-state index in [1.165, 1.54) is 54.6 Å². The highest BCUT2D eigenvalue weighted by molar-refractivity contribution is 6.21. The van der Waals surface area contributed by atoms with Gasteiger partial charge < -0.3 is 4.42 Å². The molecule has 0 bridgehead atoms. The third-order valence-corrected chi connectivity index (χ3v) is 8.79. The van der Waals surface area contributed by atoms with E-state index in [0.29, 0.717) is 6.04 Å². The van der Waals surface area contributed by atoms with Crippen LogP contribution in [0.3, 0.4) is 0 Å². The zero-order valence-corrected chi connectivity index (χ0v) is 23.3. The molecule has 0 saturated heterocycles. The van der Waals surface area contributed by atoms with Crippen molar-refractivity contribution in [2.45, 2.75) is 0 Å². The van der Waals surface area contributed by atoms with Crippen LogP contribution in [0.25, 0.3) is 87.6 Å². The van der Waals surface area contributed by atoms with Crippen LogP contribution in [0.4, 0.5) is 0 Å². The van der Waals surface area contributed by atoms with E-state index in [1.807, 2.05) is 12.1 Å². The first-order valence-electron chi connectivity index (χ1n) is 15.2. The van der Waals surface area contributed by atoms with Crippen LogP contribution in [0, 0.1) is 0 Å². The molecule has 1 aromatic heterocycles. The predicted octanol–water partition coefficient (Wildman–Crippen LogP) is 12.0. The maximum Gasteiger partial charge on any atom is 0.136 e. The second-order valence-corrected chi connectivity index (χ2v) is 11.2. The molecule has 43 heavy (non-hydrogen) atoms. The highest BCUT2D eigenvalue weighted by Crippen LogP contribution is 2.44. The van der Waals surface area contributed by atoms with E-state index in [-0.39, 0.29) is 0 Å². The van der Waals surface area contributed by atoms with E-state index in [9.17, 15) is 0 Å². The smallest absolute Gasteiger partial charge is 0.136 e. The number of furan rings is 1. The molecule has 0 aliphatic carbocycles. The van der Waals surface area contributed by atoms with Crippen molar-refractivity contribution in [1.82, 2.24) is 0 Å². The van der Waals surface area contributed by atoms with Gasteiger partial charge in [-0.15, -0.1) is 0 Å². The highest BCUT2D eigenvalue weighted by atomic mass is 16.3. The van der Waals surface area contributed by atoms with E-state index in [4.69, 9.17) is 5.79 Å². The summed E-state index contributed by atoms with van der Waals surface area (Å²) in [5.74, 6) is 0. The fourth-order valence-corrected chi connectivity index (χ4v) is 6.87. The summed E-state index contributed by atoms with van der Waals surface area (Å²) in [6.45, 7) is 0. The van der Waals surface area contributed by atoms with Crippen LogP contribution in [0.15, 0.2) is 162 Å². The lowest BCUT2D eigenvalue weighted by Crippen LogP contribution is -1.90. The van der Waals surface area contributed by atoms with Crippen LogP contribution in [0.1, 0.15) is 1.37 Å². The summed E-state index contributed by atoms with van der Waals surface area (Å²) in [7, 11) is 0. The average Bonchev–Trinajstić information content (AvgIpc) is 3.44. The Bertz CT molecular complexity index is 2480. The summed E-state index contributed by atoms with van der Waals surface area (Å²) in [6, 6.07) is 54.0. The molecule has 9 rings (SSSR count). The normalized spacial score (nSPS) is 12.0. The van der Waals surface area contributed by atoms with Crippen molar-refractivity contribution in [3.8, 4) is 33.4 Å². The van der Waals surface area contributed by atoms with Crippen LogP contribution < -0.4 is 0 Å². The van der Waals surface area contributed by atoms with E-state index in [1.54, 1.807) is 0 Å². The molecule has 0 aliphatic rings. The van der Waals surface area contributed by atoms with Crippen molar-refractivity contribution in [2.24, 2.45) is 0 Å². The first-order chi connectivity index (χ1) is 21.7. The molecule has 0 radical (unpaired) electrons. The number of benzene rings is 8. The Kier molecular flexibility index (Phi) is 5.04. The monoisotopic (exact) mass is 547 g/mol. The van der Waals surface area contributed by atoms with E-state index in [2.05, 4.69) is 140 Å². The Morgan fingerprint density at radius 3 is 1.56 bits per heavy atom. The highest BCUT2D eigenvalue weighted by Gasteiger charge is 2.17. The van der Waals surface area contributed by atoms with Crippen LogP contribution in [0.2, 0.25) is 0 Å². The van der Waals surface area contributed by atoms with Crippen LogP contribution in [0.5, 0.6) is 0 Å². The largest absolute Gasteiger partial charge is 0.456 e. The fourth-order valence-electron chi connectivity index (χ4n) is 6.87. The molecule has 0 atom stereocenters. The van der Waals surface area contributed by atoms with Crippen molar-refractivity contribution >= 4 is 54.3 Å². The molecule has 0 fully saturated rings. The van der Waals surface area contributed by atoms with Crippen molar-refractivity contribution in [1.29, 1.82) is 0 Å². The van der Waals surface area contributed by atoms with Crippen LogP contribution in [-0.4, -0.2) is 0 Å². The first kappa shape index (κ1) is 23.0. The SMILES string of the molecule is [2H]c1ccc(-c2c3ccccc3c(-c3ccc(-c4cccc5oc6cc7ccccc7cc6c45)cc3)c3ccccc23)cc1. The molecule has 0 amide bonds. The van der Waals surface area contributed by atoms with Crippen LogP contribution in [-0.2, 0) is 0 Å². The van der Waals surface area contributed by atoms with E-state index >= 15 is 0 Å². The summed E-state index contributed by atoms with van der Waals surface area (Å²) < 4.78 is 14.4. The molecule has 8 aromatic carbocycles. The molecule has 0 spiro atoms. The molecule has 0 unspecified atom stereocenters. The quantitative estimate of drug-likeness (QED) is 0.201. The van der Waals surface area contributed by atoms with Gasteiger partial charge in [0.25, 0.3) is 0 Å². The van der Waals surface area contributed by atoms with Gasteiger partial charge in [0, 0.05) is 10.8 Å². The molecular weight excluding hydrogens is 520 g/mol. The Labute approximate surface area is 250 Å². The number of fused-ring (bicyclic) bond motifs is 6. The minimum Gasteiger partial charge on any atom is -0.456 e. The van der Waals surface area contributed by atoms with Gasteiger partial charge in [-0.25, -0.2) is 0 Å². The minimum absolute atomic E-state index is 0.520. The molecule has 9 aromatic rings. The second-order valence-electron chi connectivity index (χ2n) is 11.2. The fraction of sp³-hybridized carbons (Fsp3) is 0. The van der Waals surface area contributed by atoms with Crippen molar-refractivity contribution < 1.29 is 5.79 Å². The summed E-state index contributed by atoms with van der Waals surface area (Å²) in [4.78, 5) is 0. The summed E-state index contributed by atoms with van der Waals surface area (Å²) >= 11 is 0. The molecule has 1 heterocycles. The van der Waals surface area contributed by atoms with Gasteiger partial charge in [-0.05, 0) is 83.9 Å². The van der Waals surface area contributed by atoms with Crippen LogP contribution >= 0.6 is 0 Å². The molecule has 0 saturated carbocycles. The topological polar surface area (TPSA) is 13.1 Å². The zero-order valence-electron chi connectivity index (χ0n) is 24.3. The standard InChI is InChI=1S/C42H26O/c1-2-11-28(12-3-1)40-33-15-6-8-17-35(33)41(36-18-9-7-16-34(36)40)29-23-21-27(22-24-29)32-19-10-20-38-42(32)37-25-30-13-4-5-14-31(30)26-39(37)43-38/h1-26H/i1D. The Morgan fingerprint density at radius 1 is 0.395 bits per heavy atom. The Balaban J connectivity index is 1.24. The Morgan fingerprint density at radius 2 is 0.930 bits per heavy atom. The third-order valence-electron chi connectivity index (χ3n) is 8.79. The predicted molar refractivity (Wildman–Crippen MR) is 183 cm³/mol. The van der Waals surface area contributed by atoms with Gasteiger partial charge in [-0.2, -0.15) is 0 Å². The molecule has 1 heteroatoms. The van der Waals surface area contributed by atoms with Gasteiger partial charge >= 0.3 is 0 Å². The van der Waals surface area contributed by atoms with E-state index in [0.717, 1.165) is 33.1 Å². The number of rotatable bonds is 3. The molecule has 200 valence electrons. The van der Waals surface area contributed by atoms with Gasteiger partial charge in [0.1, 0.15) is 11.2 Å². The first-order valence-corrected chi connectivity index (χ1v) is 14.7. The Hall–Kier alpha value is -5.66. The van der Waals surface area contributed by atoms with Crippen molar-refractivity contribution in [2.75, 3.05) is 0 Å². The number of hydrogen-bond acceptors (Lipinski definition) is 1. The molecule has 1 nitrogen and oxygen atoms in total. The lowest BCUT2D eigenvalue weighted by molar-refractivity contribution is 0.669. The summed E-state index contributed by atoms with van der Waals surface area (Å²) in [5.41, 5.74) is 8.92. The van der Waals surface area contributed by atoms with Gasteiger partial charge in [-0.1, -0.05) is 140 Å². The zero-order chi connectivity index (χ0) is 29.2. The summed E-state index contributed by atoms with van der Waals surface area (Å²) in [5, 5.41) is 9.56.